The summed E-state index contributed by atoms with van der Waals surface area (Å²) in [5, 5.41) is 10.2. The van der Waals surface area contributed by atoms with Crippen LogP contribution in [0.1, 0.15) is 30.6 Å². The van der Waals surface area contributed by atoms with Gasteiger partial charge in [-0.1, -0.05) is 25.1 Å². The first-order chi connectivity index (χ1) is 9.29. The molecule has 0 aliphatic carbocycles. The van der Waals surface area contributed by atoms with Crippen LogP contribution in [0, 0.1) is 0 Å². The smallest absolute Gasteiger partial charge is 0.119 e. The second-order valence-corrected chi connectivity index (χ2v) is 4.50. The van der Waals surface area contributed by atoms with E-state index in [-0.39, 0.29) is 0 Å². The molecule has 1 aromatic heterocycles. The van der Waals surface area contributed by atoms with Crippen molar-refractivity contribution in [2.45, 2.75) is 25.9 Å². The van der Waals surface area contributed by atoms with Crippen LogP contribution in [0.25, 0.3) is 0 Å². The Bertz CT molecular complexity index is 499. The van der Waals surface area contributed by atoms with E-state index in [1.165, 1.54) is 0 Å². The first-order valence-electron chi connectivity index (χ1n) is 6.59. The van der Waals surface area contributed by atoms with Crippen LogP contribution in [-0.4, -0.2) is 16.7 Å². The molecule has 0 saturated carbocycles. The standard InChI is InChI=1S/C16H19NO2/c1-2-9-19-15-7-3-6-14(11-15)16(18)10-13-5-4-8-17-12-13/h3-8,11-12,16,18H,2,9-10H2,1H3. The van der Waals surface area contributed by atoms with Crippen LogP contribution in [0.4, 0.5) is 0 Å². The van der Waals surface area contributed by atoms with Gasteiger partial charge in [0, 0.05) is 18.8 Å². The van der Waals surface area contributed by atoms with Crippen molar-refractivity contribution in [1.82, 2.24) is 4.98 Å². The molecule has 0 radical (unpaired) electrons. The molecule has 2 rings (SSSR count). The van der Waals surface area contributed by atoms with Crippen molar-refractivity contribution >= 4 is 0 Å². The minimum absolute atomic E-state index is 0.533. The van der Waals surface area contributed by atoms with Gasteiger partial charge in [-0.05, 0) is 35.7 Å². The van der Waals surface area contributed by atoms with Gasteiger partial charge in [0.2, 0.25) is 0 Å². The van der Waals surface area contributed by atoms with Gasteiger partial charge < -0.3 is 9.84 Å². The summed E-state index contributed by atoms with van der Waals surface area (Å²) in [6, 6.07) is 11.5. The van der Waals surface area contributed by atoms with E-state index in [1.54, 1.807) is 12.4 Å². The maximum absolute atomic E-state index is 10.2. The maximum atomic E-state index is 10.2. The lowest BCUT2D eigenvalue weighted by atomic mass is 10.0. The van der Waals surface area contributed by atoms with Crippen molar-refractivity contribution < 1.29 is 9.84 Å². The minimum atomic E-state index is -0.533. The lowest BCUT2D eigenvalue weighted by Gasteiger charge is -2.12. The summed E-state index contributed by atoms with van der Waals surface area (Å²) in [4.78, 5) is 4.05. The third-order valence-corrected chi connectivity index (χ3v) is 2.87. The van der Waals surface area contributed by atoms with Gasteiger partial charge in [0.1, 0.15) is 5.75 Å². The molecular formula is C16H19NO2. The SMILES string of the molecule is CCCOc1cccc(C(O)Cc2cccnc2)c1. The molecule has 0 amide bonds. The molecule has 3 heteroatoms. The molecule has 0 spiro atoms. The van der Waals surface area contributed by atoms with Gasteiger partial charge in [-0.2, -0.15) is 0 Å². The van der Waals surface area contributed by atoms with Crippen molar-refractivity contribution in [2.24, 2.45) is 0 Å². The van der Waals surface area contributed by atoms with E-state index in [0.717, 1.165) is 23.3 Å². The molecule has 1 heterocycles. The fourth-order valence-corrected chi connectivity index (χ4v) is 1.89. The Morgan fingerprint density at radius 3 is 2.89 bits per heavy atom. The molecule has 100 valence electrons. The Balaban J connectivity index is 2.04. The number of benzene rings is 1. The molecule has 1 atom stereocenters. The number of aromatic nitrogens is 1. The van der Waals surface area contributed by atoms with Crippen LogP contribution < -0.4 is 4.74 Å². The summed E-state index contributed by atoms with van der Waals surface area (Å²) in [5.41, 5.74) is 1.90. The number of rotatable bonds is 6. The van der Waals surface area contributed by atoms with E-state index in [9.17, 15) is 5.11 Å². The quantitative estimate of drug-likeness (QED) is 0.864. The molecule has 0 aliphatic heterocycles. The van der Waals surface area contributed by atoms with Crippen LogP contribution >= 0.6 is 0 Å². The van der Waals surface area contributed by atoms with E-state index in [0.29, 0.717) is 13.0 Å². The summed E-state index contributed by atoms with van der Waals surface area (Å²) in [7, 11) is 0. The summed E-state index contributed by atoms with van der Waals surface area (Å²) in [6.07, 6.45) is 4.51. The summed E-state index contributed by atoms with van der Waals surface area (Å²) >= 11 is 0. The van der Waals surface area contributed by atoms with Crippen LogP contribution in [-0.2, 0) is 6.42 Å². The van der Waals surface area contributed by atoms with Gasteiger partial charge in [0.05, 0.1) is 12.7 Å². The zero-order chi connectivity index (χ0) is 13.5. The van der Waals surface area contributed by atoms with Gasteiger partial charge in [-0.15, -0.1) is 0 Å². The molecule has 0 fully saturated rings. The van der Waals surface area contributed by atoms with Crippen molar-refractivity contribution in [1.29, 1.82) is 0 Å². The largest absolute Gasteiger partial charge is 0.494 e. The second kappa shape index (κ2) is 6.90. The van der Waals surface area contributed by atoms with E-state index < -0.39 is 6.10 Å². The molecule has 0 aliphatic rings. The lowest BCUT2D eigenvalue weighted by molar-refractivity contribution is 0.177. The summed E-state index contributed by atoms with van der Waals surface area (Å²) in [6.45, 7) is 2.77. The maximum Gasteiger partial charge on any atom is 0.119 e. The highest BCUT2D eigenvalue weighted by Crippen LogP contribution is 2.22. The van der Waals surface area contributed by atoms with Gasteiger partial charge >= 0.3 is 0 Å². The van der Waals surface area contributed by atoms with Crippen LogP contribution in [0.2, 0.25) is 0 Å². The van der Waals surface area contributed by atoms with E-state index in [4.69, 9.17) is 4.74 Å². The zero-order valence-corrected chi connectivity index (χ0v) is 11.1. The third kappa shape index (κ3) is 4.07. The number of nitrogens with zero attached hydrogens (tertiary/aromatic N) is 1. The highest BCUT2D eigenvalue weighted by atomic mass is 16.5. The molecule has 1 aromatic carbocycles. The van der Waals surface area contributed by atoms with Crippen molar-refractivity contribution in [3.8, 4) is 5.75 Å². The molecular weight excluding hydrogens is 238 g/mol. The number of ether oxygens (including phenoxy) is 1. The normalized spacial score (nSPS) is 12.1. The zero-order valence-electron chi connectivity index (χ0n) is 11.1. The van der Waals surface area contributed by atoms with Gasteiger partial charge in [0.25, 0.3) is 0 Å². The molecule has 2 aromatic rings. The highest BCUT2D eigenvalue weighted by molar-refractivity contribution is 5.30. The Morgan fingerprint density at radius 2 is 2.16 bits per heavy atom. The van der Waals surface area contributed by atoms with Gasteiger partial charge in [-0.25, -0.2) is 0 Å². The number of aliphatic hydroxyl groups excluding tert-OH is 1. The monoisotopic (exact) mass is 257 g/mol. The van der Waals surface area contributed by atoms with Crippen LogP contribution in [0.3, 0.4) is 0 Å². The van der Waals surface area contributed by atoms with Crippen molar-refractivity contribution in [3.05, 3.63) is 59.9 Å². The number of pyridine rings is 1. The Kier molecular flexibility index (Phi) is 4.93. The molecule has 1 unspecified atom stereocenters. The Morgan fingerprint density at radius 1 is 1.26 bits per heavy atom. The predicted octanol–water partition coefficient (Wildman–Crippen LogP) is 3.15. The van der Waals surface area contributed by atoms with Crippen LogP contribution in [0.15, 0.2) is 48.8 Å². The number of hydrogen-bond acceptors (Lipinski definition) is 3. The molecule has 0 bridgehead atoms. The molecule has 19 heavy (non-hydrogen) atoms. The van der Waals surface area contributed by atoms with E-state index in [1.807, 2.05) is 36.4 Å². The van der Waals surface area contributed by atoms with Crippen LogP contribution in [0.5, 0.6) is 5.75 Å². The fourth-order valence-electron chi connectivity index (χ4n) is 1.89. The van der Waals surface area contributed by atoms with E-state index in [2.05, 4.69) is 11.9 Å². The lowest BCUT2D eigenvalue weighted by Crippen LogP contribution is -2.03. The number of aliphatic hydroxyl groups is 1. The molecule has 0 saturated heterocycles. The first-order valence-corrected chi connectivity index (χ1v) is 6.59. The molecule has 3 nitrogen and oxygen atoms in total. The Hall–Kier alpha value is -1.87. The predicted molar refractivity (Wildman–Crippen MR) is 75.1 cm³/mol. The summed E-state index contributed by atoms with van der Waals surface area (Å²) in [5.74, 6) is 0.810. The van der Waals surface area contributed by atoms with E-state index >= 15 is 0 Å². The number of hydrogen-bond donors (Lipinski definition) is 1. The average molecular weight is 257 g/mol. The molecule has 1 N–H and O–H groups in total. The third-order valence-electron chi connectivity index (χ3n) is 2.87. The highest BCUT2D eigenvalue weighted by Gasteiger charge is 2.09. The van der Waals surface area contributed by atoms with Gasteiger partial charge in [-0.3, -0.25) is 4.98 Å². The minimum Gasteiger partial charge on any atom is -0.494 e. The average Bonchev–Trinajstić information content (AvgIpc) is 2.46. The summed E-state index contributed by atoms with van der Waals surface area (Å²) < 4.78 is 5.57. The Labute approximate surface area is 113 Å². The van der Waals surface area contributed by atoms with Gasteiger partial charge in [0.15, 0.2) is 0 Å². The second-order valence-electron chi connectivity index (χ2n) is 4.50. The topological polar surface area (TPSA) is 42.4 Å². The fraction of sp³-hybridized carbons (Fsp3) is 0.312. The first kappa shape index (κ1) is 13.6. The van der Waals surface area contributed by atoms with Crippen molar-refractivity contribution in [3.63, 3.8) is 0 Å². The van der Waals surface area contributed by atoms with Crippen molar-refractivity contribution in [2.75, 3.05) is 6.61 Å².